The molecule has 0 spiro atoms. The van der Waals surface area contributed by atoms with Crippen LogP contribution in [0.2, 0.25) is 0 Å². The summed E-state index contributed by atoms with van der Waals surface area (Å²) in [6.07, 6.45) is 1.53. The van der Waals surface area contributed by atoms with E-state index in [4.69, 9.17) is 4.11 Å². The summed E-state index contributed by atoms with van der Waals surface area (Å²) in [4.78, 5) is 11.8. The van der Waals surface area contributed by atoms with Gasteiger partial charge in [0.1, 0.15) is 0 Å². The van der Waals surface area contributed by atoms with E-state index >= 15 is 0 Å². The van der Waals surface area contributed by atoms with Gasteiger partial charge in [-0.2, -0.15) is 0 Å². The number of hydrogen-bond acceptors (Lipinski definition) is 1. The van der Waals surface area contributed by atoms with Crippen molar-refractivity contribution in [3.63, 3.8) is 0 Å². The van der Waals surface area contributed by atoms with Crippen LogP contribution in [0.15, 0.2) is 35.9 Å². The Bertz CT molecular complexity index is 465. The lowest BCUT2D eigenvalue weighted by Crippen LogP contribution is -2.02. The van der Waals surface area contributed by atoms with E-state index in [1.165, 1.54) is 6.08 Å². The van der Waals surface area contributed by atoms with Gasteiger partial charge in [0.05, 0.1) is 0 Å². The average Bonchev–Trinajstić information content (AvgIpc) is 2.25. The molecular weight excluding hydrogens is 196 g/mol. The zero-order valence-electron chi connectivity index (χ0n) is 13.1. The Morgan fingerprint density at radius 2 is 2.00 bits per heavy atom. The number of allylic oxidation sites excluding steroid dienone is 2. The minimum Gasteiger partial charge on any atom is -0.295 e. The largest absolute Gasteiger partial charge is 0.295 e. The first-order valence-corrected chi connectivity index (χ1v) is 5.44. The first-order chi connectivity index (χ1) is 8.70. The molecule has 86 valence electrons. The molecule has 1 nitrogen and oxygen atoms in total. The standard InChI is InChI=1S/C15H20O/c1-11(2)9-15(16)10-13(4)14-7-5-12(3)6-8-14/h5-9,13H,10H2,1-4H3/i4D3. The van der Waals surface area contributed by atoms with Gasteiger partial charge >= 0.3 is 0 Å². The Hall–Kier alpha value is -1.37. The van der Waals surface area contributed by atoms with Gasteiger partial charge in [-0.1, -0.05) is 42.3 Å². The van der Waals surface area contributed by atoms with Crippen LogP contribution < -0.4 is 0 Å². The number of carbonyl (C=O) groups is 1. The number of aryl methyl sites for hydroxylation is 1. The highest BCUT2D eigenvalue weighted by Crippen LogP contribution is 2.20. The lowest BCUT2D eigenvalue weighted by molar-refractivity contribution is -0.114. The molecular formula is C15H20O. The van der Waals surface area contributed by atoms with E-state index < -0.39 is 12.8 Å². The Morgan fingerprint density at radius 1 is 1.38 bits per heavy atom. The number of hydrogen-bond donors (Lipinski definition) is 0. The molecule has 1 aromatic rings. The van der Waals surface area contributed by atoms with Gasteiger partial charge in [-0.25, -0.2) is 0 Å². The first kappa shape index (κ1) is 8.74. The van der Waals surface area contributed by atoms with Gasteiger partial charge in [-0.3, -0.25) is 4.79 Å². The summed E-state index contributed by atoms with van der Waals surface area (Å²) < 4.78 is 22.8. The van der Waals surface area contributed by atoms with Gasteiger partial charge in [0.15, 0.2) is 5.78 Å². The summed E-state index contributed by atoms with van der Waals surface area (Å²) >= 11 is 0. The predicted molar refractivity (Wildman–Crippen MR) is 68.6 cm³/mol. The second-order valence-electron chi connectivity index (χ2n) is 4.36. The highest BCUT2D eigenvalue weighted by Gasteiger charge is 2.09. The maximum Gasteiger partial charge on any atom is 0.156 e. The maximum absolute atomic E-state index is 11.8. The van der Waals surface area contributed by atoms with Crippen molar-refractivity contribution in [2.45, 2.75) is 40.0 Å². The van der Waals surface area contributed by atoms with E-state index in [1.54, 1.807) is 12.1 Å². The second-order valence-corrected chi connectivity index (χ2v) is 4.36. The van der Waals surface area contributed by atoms with E-state index in [2.05, 4.69) is 0 Å². The normalized spacial score (nSPS) is 15.6. The number of benzene rings is 1. The summed E-state index contributed by atoms with van der Waals surface area (Å²) in [5.74, 6) is -0.877. The third kappa shape index (κ3) is 4.01. The van der Waals surface area contributed by atoms with Gasteiger partial charge in [-0.15, -0.1) is 0 Å². The molecule has 0 aliphatic heterocycles. The molecule has 0 aliphatic carbocycles. The fraction of sp³-hybridized carbons (Fsp3) is 0.400. The molecule has 1 rings (SSSR count). The zero-order chi connectivity index (χ0) is 14.6. The van der Waals surface area contributed by atoms with E-state index in [0.717, 1.165) is 11.1 Å². The minimum atomic E-state index is -2.17. The van der Waals surface area contributed by atoms with Crippen LogP contribution >= 0.6 is 0 Å². The van der Waals surface area contributed by atoms with Crippen molar-refractivity contribution in [1.82, 2.24) is 0 Å². The molecule has 0 aliphatic rings. The van der Waals surface area contributed by atoms with E-state index in [9.17, 15) is 4.79 Å². The summed E-state index contributed by atoms with van der Waals surface area (Å²) in [6.45, 7) is 3.44. The zero-order valence-corrected chi connectivity index (χ0v) is 10.1. The molecule has 0 saturated carbocycles. The molecule has 0 N–H and O–H groups in total. The lowest BCUT2D eigenvalue weighted by Gasteiger charge is -2.10. The molecule has 16 heavy (non-hydrogen) atoms. The Labute approximate surface area is 102 Å². The SMILES string of the molecule is [2H]C([2H])([2H])C(CC(=O)C=C(C)C)c1ccc(C)cc1. The number of rotatable bonds is 4. The maximum atomic E-state index is 11.8. The van der Waals surface area contributed by atoms with Gasteiger partial charge in [0.2, 0.25) is 0 Å². The van der Waals surface area contributed by atoms with Crippen molar-refractivity contribution in [1.29, 1.82) is 0 Å². The Morgan fingerprint density at radius 3 is 2.50 bits per heavy atom. The Kier molecular flexibility index (Phi) is 3.08. The lowest BCUT2D eigenvalue weighted by atomic mass is 9.94. The van der Waals surface area contributed by atoms with Crippen molar-refractivity contribution in [3.05, 3.63) is 47.0 Å². The molecule has 0 saturated heterocycles. The van der Waals surface area contributed by atoms with Crippen molar-refractivity contribution >= 4 is 5.78 Å². The summed E-state index contributed by atoms with van der Waals surface area (Å²) in [6, 6.07) is 7.34. The van der Waals surface area contributed by atoms with Crippen LogP contribution in [-0.4, -0.2) is 5.78 Å². The highest BCUT2D eigenvalue weighted by atomic mass is 16.1. The third-order valence-electron chi connectivity index (χ3n) is 2.33. The van der Waals surface area contributed by atoms with E-state index in [0.29, 0.717) is 5.56 Å². The number of carbonyl (C=O) groups excluding carboxylic acids is 1. The highest BCUT2D eigenvalue weighted by molar-refractivity contribution is 5.90. The van der Waals surface area contributed by atoms with Gasteiger partial charge in [0, 0.05) is 10.5 Å². The van der Waals surface area contributed by atoms with Crippen molar-refractivity contribution in [3.8, 4) is 0 Å². The first-order valence-electron chi connectivity index (χ1n) is 6.94. The fourth-order valence-corrected chi connectivity index (χ4v) is 1.50. The van der Waals surface area contributed by atoms with Crippen molar-refractivity contribution in [2.24, 2.45) is 0 Å². The van der Waals surface area contributed by atoms with Gasteiger partial charge < -0.3 is 0 Å². The van der Waals surface area contributed by atoms with Crippen LogP contribution in [0, 0.1) is 6.92 Å². The van der Waals surface area contributed by atoms with E-state index in [-0.39, 0.29) is 12.2 Å². The summed E-state index contributed by atoms with van der Waals surface area (Å²) in [5.41, 5.74) is 2.66. The van der Waals surface area contributed by atoms with Crippen LogP contribution in [0.3, 0.4) is 0 Å². The number of ketones is 1. The van der Waals surface area contributed by atoms with Crippen LogP contribution in [0.25, 0.3) is 0 Å². The van der Waals surface area contributed by atoms with Crippen LogP contribution in [0.4, 0.5) is 0 Å². The fourth-order valence-electron chi connectivity index (χ4n) is 1.50. The van der Waals surface area contributed by atoms with Crippen LogP contribution in [0.1, 0.15) is 48.3 Å². The average molecular weight is 219 g/mol. The van der Waals surface area contributed by atoms with Crippen molar-refractivity contribution < 1.29 is 8.91 Å². The van der Waals surface area contributed by atoms with Crippen molar-refractivity contribution in [2.75, 3.05) is 0 Å². The second kappa shape index (κ2) is 5.64. The molecule has 1 atom stereocenters. The topological polar surface area (TPSA) is 17.1 Å². The minimum absolute atomic E-state index is 0.0186. The molecule has 1 unspecified atom stereocenters. The molecule has 0 bridgehead atoms. The smallest absolute Gasteiger partial charge is 0.156 e. The quantitative estimate of drug-likeness (QED) is 0.699. The van der Waals surface area contributed by atoms with Crippen LogP contribution in [0.5, 0.6) is 0 Å². The van der Waals surface area contributed by atoms with Gasteiger partial charge in [-0.05, 0) is 38.3 Å². The molecule has 1 heteroatoms. The molecule has 0 amide bonds. The van der Waals surface area contributed by atoms with Crippen LogP contribution in [-0.2, 0) is 4.79 Å². The Balaban J connectivity index is 3.00. The molecule has 0 fully saturated rings. The summed E-state index contributed by atoms with van der Waals surface area (Å²) in [5, 5.41) is 0. The molecule has 0 heterocycles. The molecule has 0 aromatic heterocycles. The predicted octanol–water partition coefficient (Wildman–Crippen LogP) is 4.02. The summed E-state index contributed by atoms with van der Waals surface area (Å²) in [7, 11) is 0. The molecule has 1 aromatic carbocycles. The van der Waals surface area contributed by atoms with E-state index in [1.807, 2.05) is 32.9 Å². The molecule has 0 radical (unpaired) electrons. The van der Waals surface area contributed by atoms with Gasteiger partial charge in [0.25, 0.3) is 0 Å². The monoisotopic (exact) mass is 219 g/mol. The third-order valence-corrected chi connectivity index (χ3v) is 2.33.